The zero-order valence-electron chi connectivity index (χ0n) is 14.4. The molecule has 1 heterocycles. The summed E-state index contributed by atoms with van der Waals surface area (Å²) in [7, 11) is 0. The van der Waals surface area contributed by atoms with Crippen LogP contribution in [0.5, 0.6) is 0 Å². The standard InChI is InChI=1S/C19H32N2/c1-14(2)10-20-11-18-6-7-19(9-17(18)5)21-12-15(3)8-16(4)13-21/h6-7,9,14-16,20H,8,10-13H2,1-5H3. The Labute approximate surface area is 130 Å². The fraction of sp³-hybridized carbons (Fsp3) is 0.684. The first-order valence-corrected chi connectivity index (χ1v) is 8.51. The van der Waals surface area contributed by atoms with Crippen molar-refractivity contribution < 1.29 is 0 Å². The number of nitrogens with zero attached hydrogens (tertiary/aromatic N) is 1. The van der Waals surface area contributed by atoms with E-state index in [-0.39, 0.29) is 0 Å². The van der Waals surface area contributed by atoms with Crippen LogP contribution in [0.4, 0.5) is 5.69 Å². The highest BCUT2D eigenvalue weighted by molar-refractivity contribution is 5.51. The van der Waals surface area contributed by atoms with E-state index in [0.29, 0.717) is 5.92 Å². The molecular formula is C19H32N2. The minimum Gasteiger partial charge on any atom is -0.371 e. The number of rotatable bonds is 5. The number of hydrogen-bond acceptors (Lipinski definition) is 2. The van der Waals surface area contributed by atoms with E-state index in [4.69, 9.17) is 0 Å². The van der Waals surface area contributed by atoms with Crippen molar-refractivity contribution in [2.45, 2.75) is 47.6 Å². The molecule has 1 aromatic rings. The van der Waals surface area contributed by atoms with E-state index < -0.39 is 0 Å². The van der Waals surface area contributed by atoms with Gasteiger partial charge in [-0.15, -0.1) is 0 Å². The molecular weight excluding hydrogens is 256 g/mol. The highest BCUT2D eigenvalue weighted by Crippen LogP contribution is 2.27. The third-order valence-electron chi connectivity index (χ3n) is 4.43. The zero-order valence-corrected chi connectivity index (χ0v) is 14.4. The molecule has 1 aliphatic rings. The Morgan fingerprint density at radius 3 is 2.43 bits per heavy atom. The first-order chi connectivity index (χ1) is 9.95. The van der Waals surface area contributed by atoms with Crippen molar-refractivity contribution in [1.82, 2.24) is 5.32 Å². The topological polar surface area (TPSA) is 15.3 Å². The molecule has 0 aliphatic carbocycles. The van der Waals surface area contributed by atoms with Crippen molar-refractivity contribution in [1.29, 1.82) is 0 Å². The van der Waals surface area contributed by atoms with Gasteiger partial charge in [0.1, 0.15) is 0 Å². The Bertz CT molecular complexity index is 443. The van der Waals surface area contributed by atoms with Crippen molar-refractivity contribution in [3.63, 3.8) is 0 Å². The summed E-state index contributed by atoms with van der Waals surface area (Å²) in [4.78, 5) is 2.57. The van der Waals surface area contributed by atoms with Crippen molar-refractivity contribution >= 4 is 5.69 Å². The number of nitrogens with one attached hydrogen (secondary N) is 1. The molecule has 2 nitrogen and oxygen atoms in total. The Morgan fingerprint density at radius 1 is 1.19 bits per heavy atom. The van der Waals surface area contributed by atoms with Crippen LogP contribution in [-0.4, -0.2) is 19.6 Å². The maximum atomic E-state index is 3.54. The molecule has 2 atom stereocenters. The van der Waals surface area contributed by atoms with Gasteiger partial charge >= 0.3 is 0 Å². The highest BCUT2D eigenvalue weighted by Gasteiger charge is 2.22. The van der Waals surface area contributed by atoms with Gasteiger partial charge in [0.25, 0.3) is 0 Å². The van der Waals surface area contributed by atoms with Crippen molar-refractivity contribution in [2.24, 2.45) is 17.8 Å². The molecule has 1 aliphatic heterocycles. The molecule has 0 aromatic heterocycles. The summed E-state index contributed by atoms with van der Waals surface area (Å²) in [5.74, 6) is 2.32. The van der Waals surface area contributed by atoms with Gasteiger partial charge in [0.2, 0.25) is 0 Å². The minimum atomic E-state index is 0.709. The molecule has 1 fully saturated rings. The fourth-order valence-electron chi connectivity index (χ4n) is 3.44. The van der Waals surface area contributed by atoms with Gasteiger partial charge in [0, 0.05) is 25.3 Å². The summed E-state index contributed by atoms with van der Waals surface area (Å²) in [5.41, 5.74) is 4.24. The quantitative estimate of drug-likeness (QED) is 0.872. The van der Waals surface area contributed by atoms with E-state index in [1.807, 2.05) is 0 Å². The first-order valence-electron chi connectivity index (χ1n) is 8.51. The summed E-state index contributed by atoms with van der Waals surface area (Å²) in [6, 6.07) is 6.99. The molecule has 1 aromatic carbocycles. The molecule has 0 amide bonds. The largest absolute Gasteiger partial charge is 0.371 e. The molecule has 2 unspecified atom stereocenters. The monoisotopic (exact) mass is 288 g/mol. The maximum Gasteiger partial charge on any atom is 0.0369 e. The summed E-state index contributed by atoms with van der Waals surface area (Å²) < 4.78 is 0. The maximum absolute atomic E-state index is 3.54. The number of piperidine rings is 1. The van der Waals surface area contributed by atoms with E-state index in [1.54, 1.807) is 0 Å². The third kappa shape index (κ3) is 4.74. The molecule has 2 heteroatoms. The fourth-order valence-corrected chi connectivity index (χ4v) is 3.44. The Morgan fingerprint density at radius 2 is 1.86 bits per heavy atom. The predicted octanol–water partition coefficient (Wildman–Crippen LogP) is 4.22. The second-order valence-corrected chi connectivity index (χ2v) is 7.49. The molecule has 0 spiro atoms. The highest BCUT2D eigenvalue weighted by atomic mass is 15.1. The van der Waals surface area contributed by atoms with E-state index >= 15 is 0 Å². The molecule has 0 saturated carbocycles. The van der Waals surface area contributed by atoms with Gasteiger partial charge < -0.3 is 10.2 Å². The molecule has 0 radical (unpaired) electrons. The lowest BCUT2D eigenvalue weighted by molar-refractivity contribution is 0.357. The normalized spacial score (nSPS) is 22.9. The summed E-state index contributed by atoms with van der Waals surface area (Å²) in [5, 5.41) is 3.54. The molecule has 118 valence electrons. The second-order valence-electron chi connectivity index (χ2n) is 7.49. The lowest BCUT2D eigenvalue weighted by atomic mass is 9.91. The predicted molar refractivity (Wildman–Crippen MR) is 92.9 cm³/mol. The number of anilines is 1. The molecule has 2 rings (SSSR count). The lowest BCUT2D eigenvalue weighted by Gasteiger charge is -2.37. The average Bonchev–Trinajstić information content (AvgIpc) is 2.39. The van der Waals surface area contributed by atoms with Crippen LogP contribution in [0.15, 0.2) is 18.2 Å². The van der Waals surface area contributed by atoms with Gasteiger partial charge in [-0.1, -0.05) is 33.8 Å². The van der Waals surface area contributed by atoms with Gasteiger partial charge in [-0.3, -0.25) is 0 Å². The van der Waals surface area contributed by atoms with Gasteiger partial charge in [0.05, 0.1) is 0 Å². The van der Waals surface area contributed by atoms with E-state index in [1.165, 1.54) is 36.3 Å². The first kappa shape index (κ1) is 16.4. The molecule has 1 saturated heterocycles. The Balaban J connectivity index is 2.01. The van der Waals surface area contributed by atoms with Crippen molar-refractivity contribution in [3.05, 3.63) is 29.3 Å². The van der Waals surface area contributed by atoms with Crippen molar-refractivity contribution in [3.8, 4) is 0 Å². The molecule has 21 heavy (non-hydrogen) atoms. The Hall–Kier alpha value is -1.02. The van der Waals surface area contributed by atoms with Crippen LogP contribution in [-0.2, 0) is 6.54 Å². The van der Waals surface area contributed by atoms with Crippen LogP contribution in [0.1, 0.15) is 45.2 Å². The van der Waals surface area contributed by atoms with Gasteiger partial charge in [-0.05, 0) is 60.9 Å². The van der Waals surface area contributed by atoms with E-state index in [0.717, 1.165) is 24.9 Å². The van der Waals surface area contributed by atoms with Gasteiger partial charge in [0.15, 0.2) is 0 Å². The number of hydrogen-bond donors (Lipinski definition) is 1. The Kier molecular flexibility index (Phi) is 5.69. The van der Waals surface area contributed by atoms with Crippen LogP contribution in [0.2, 0.25) is 0 Å². The average molecular weight is 288 g/mol. The van der Waals surface area contributed by atoms with Crippen molar-refractivity contribution in [2.75, 3.05) is 24.5 Å². The van der Waals surface area contributed by atoms with E-state index in [2.05, 4.69) is 63.0 Å². The lowest BCUT2D eigenvalue weighted by Crippen LogP contribution is -2.38. The summed E-state index contributed by atoms with van der Waals surface area (Å²) in [6.07, 6.45) is 1.37. The zero-order chi connectivity index (χ0) is 15.4. The van der Waals surface area contributed by atoms with E-state index in [9.17, 15) is 0 Å². The van der Waals surface area contributed by atoms with Crippen LogP contribution in [0, 0.1) is 24.7 Å². The molecule has 1 N–H and O–H groups in total. The van der Waals surface area contributed by atoms with Crippen LogP contribution in [0.3, 0.4) is 0 Å². The summed E-state index contributed by atoms with van der Waals surface area (Å²) >= 11 is 0. The van der Waals surface area contributed by atoms with Crippen LogP contribution in [0.25, 0.3) is 0 Å². The van der Waals surface area contributed by atoms with Crippen LogP contribution < -0.4 is 10.2 Å². The summed E-state index contributed by atoms with van der Waals surface area (Å²) in [6.45, 7) is 16.0. The van der Waals surface area contributed by atoms with Gasteiger partial charge in [-0.2, -0.15) is 0 Å². The number of aryl methyl sites for hydroxylation is 1. The van der Waals surface area contributed by atoms with Crippen LogP contribution >= 0.6 is 0 Å². The van der Waals surface area contributed by atoms with Gasteiger partial charge in [-0.25, -0.2) is 0 Å². The smallest absolute Gasteiger partial charge is 0.0369 e. The second kappa shape index (κ2) is 7.31. The third-order valence-corrected chi connectivity index (χ3v) is 4.43. The minimum absolute atomic E-state index is 0.709. The SMILES string of the molecule is Cc1cc(N2CC(C)CC(C)C2)ccc1CNCC(C)C. The molecule has 0 bridgehead atoms. The number of benzene rings is 1.